The fourth-order valence-corrected chi connectivity index (χ4v) is 7.07. The Kier molecular flexibility index (Phi) is 4.68. The molecule has 0 fully saturated rings. The highest BCUT2D eigenvalue weighted by molar-refractivity contribution is 7.92. The van der Waals surface area contributed by atoms with E-state index in [0.717, 1.165) is 16.6 Å². The second-order valence-corrected chi connectivity index (χ2v) is 10.9. The van der Waals surface area contributed by atoms with Crippen molar-refractivity contribution in [3.63, 3.8) is 0 Å². The molecule has 1 aliphatic heterocycles. The number of H-pyrrole nitrogens is 1. The third kappa shape index (κ3) is 3.10. The van der Waals surface area contributed by atoms with E-state index in [9.17, 15) is 18.0 Å². The second-order valence-electron chi connectivity index (χ2n) is 8.04. The first kappa shape index (κ1) is 20.8. The third-order valence-electron chi connectivity index (χ3n) is 6.03. The van der Waals surface area contributed by atoms with Gasteiger partial charge < -0.3 is 4.98 Å². The minimum atomic E-state index is -3.90. The van der Waals surface area contributed by atoms with E-state index in [1.165, 1.54) is 27.8 Å². The number of aryl methyl sites for hydroxylation is 1. The van der Waals surface area contributed by atoms with Crippen LogP contribution in [0.1, 0.15) is 12.0 Å². The molecule has 0 radical (unpaired) electrons. The lowest BCUT2D eigenvalue weighted by Crippen LogP contribution is -2.36. The summed E-state index contributed by atoms with van der Waals surface area (Å²) in [5.41, 5.74) is 1.11. The first-order valence-corrected chi connectivity index (χ1v) is 12.9. The van der Waals surface area contributed by atoms with Crippen LogP contribution < -0.4 is 15.6 Å². The Morgan fingerprint density at radius 2 is 1.85 bits per heavy atom. The van der Waals surface area contributed by atoms with E-state index in [1.54, 1.807) is 36.5 Å². The number of pyridine rings is 1. The summed E-state index contributed by atoms with van der Waals surface area (Å²) >= 11 is 1.19. The fourth-order valence-electron chi connectivity index (χ4n) is 4.46. The van der Waals surface area contributed by atoms with Crippen molar-refractivity contribution in [2.75, 3.05) is 10.8 Å². The number of hydrogen-bond acceptors (Lipinski definition) is 6. The van der Waals surface area contributed by atoms with Crippen molar-refractivity contribution < 1.29 is 8.42 Å². The van der Waals surface area contributed by atoms with Crippen molar-refractivity contribution in [2.45, 2.75) is 17.7 Å². The van der Waals surface area contributed by atoms with Crippen LogP contribution in [-0.4, -0.2) is 29.5 Å². The topological polar surface area (TPSA) is 105 Å². The minimum Gasteiger partial charge on any atom is -0.305 e. The van der Waals surface area contributed by atoms with Crippen LogP contribution in [0.25, 0.3) is 26.1 Å². The Balaban J connectivity index is 1.51. The van der Waals surface area contributed by atoms with Gasteiger partial charge in [0.05, 0.1) is 21.8 Å². The third-order valence-corrected chi connectivity index (χ3v) is 8.94. The van der Waals surface area contributed by atoms with E-state index in [-0.39, 0.29) is 10.6 Å². The molecule has 34 heavy (non-hydrogen) atoms. The normalized spacial score (nSPS) is 13.9. The predicted molar refractivity (Wildman–Crippen MR) is 133 cm³/mol. The van der Waals surface area contributed by atoms with Gasteiger partial charge >= 0.3 is 5.69 Å². The maximum Gasteiger partial charge on any atom is 0.333 e. The monoisotopic (exact) mass is 490 g/mol. The zero-order chi connectivity index (χ0) is 23.4. The predicted octanol–water partition coefficient (Wildman–Crippen LogP) is 3.43. The van der Waals surface area contributed by atoms with Crippen LogP contribution in [0, 0.1) is 0 Å². The fraction of sp³-hybridized carbons (Fsp3) is 0.125. The van der Waals surface area contributed by atoms with Crippen LogP contribution in [0.4, 0.5) is 5.69 Å². The number of para-hydroxylation sites is 1. The van der Waals surface area contributed by atoms with Crippen LogP contribution in [0.3, 0.4) is 0 Å². The molecule has 2 aromatic carbocycles. The SMILES string of the molecule is O=c1[nH]c2c(sc3ncccc32)c(=O)n1-c1cccc(S(=O)(=O)N2CCCc3ccccc32)c1. The molecule has 170 valence electrons. The molecule has 0 saturated heterocycles. The number of anilines is 1. The Labute approximate surface area is 197 Å². The molecule has 0 atom stereocenters. The van der Waals surface area contributed by atoms with Gasteiger partial charge in [-0.3, -0.25) is 9.10 Å². The van der Waals surface area contributed by atoms with Crippen molar-refractivity contribution >= 4 is 47.5 Å². The van der Waals surface area contributed by atoms with Crippen molar-refractivity contribution in [2.24, 2.45) is 0 Å². The van der Waals surface area contributed by atoms with Gasteiger partial charge in [0.1, 0.15) is 9.53 Å². The van der Waals surface area contributed by atoms with E-state index in [4.69, 9.17) is 0 Å². The van der Waals surface area contributed by atoms with Gasteiger partial charge in [0.25, 0.3) is 15.6 Å². The van der Waals surface area contributed by atoms with Crippen molar-refractivity contribution in [1.82, 2.24) is 14.5 Å². The molecule has 10 heteroatoms. The molecule has 4 heterocycles. The summed E-state index contributed by atoms with van der Waals surface area (Å²) in [7, 11) is -3.90. The molecule has 1 aliphatic rings. The van der Waals surface area contributed by atoms with Gasteiger partial charge in [0.2, 0.25) is 0 Å². The van der Waals surface area contributed by atoms with Crippen LogP contribution >= 0.6 is 11.3 Å². The van der Waals surface area contributed by atoms with Crippen molar-refractivity contribution in [3.8, 4) is 5.69 Å². The van der Waals surface area contributed by atoms with Crippen molar-refractivity contribution in [1.29, 1.82) is 0 Å². The van der Waals surface area contributed by atoms with E-state index in [2.05, 4.69) is 9.97 Å². The highest BCUT2D eigenvalue weighted by atomic mass is 32.2. The highest BCUT2D eigenvalue weighted by Crippen LogP contribution is 2.32. The summed E-state index contributed by atoms with van der Waals surface area (Å²) in [5, 5.41) is 0.698. The van der Waals surface area contributed by atoms with Gasteiger partial charge in [-0.1, -0.05) is 24.3 Å². The summed E-state index contributed by atoms with van der Waals surface area (Å²) < 4.78 is 29.9. The summed E-state index contributed by atoms with van der Waals surface area (Å²) in [5.74, 6) is 0. The van der Waals surface area contributed by atoms with Crippen LogP contribution in [0.15, 0.2) is 81.3 Å². The lowest BCUT2D eigenvalue weighted by molar-refractivity contribution is 0.586. The van der Waals surface area contributed by atoms with Crippen LogP contribution in [0.5, 0.6) is 0 Å². The van der Waals surface area contributed by atoms with Gasteiger partial charge in [-0.05, 0) is 54.8 Å². The Morgan fingerprint density at radius 1 is 1.00 bits per heavy atom. The van der Waals surface area contributed by atoms with E-state index in [0.29, 0.717) is 39.1 Å². The quantitative estimate of drug-likeness (QED) is 0.417. The smallest absolute Gasteiger partial charge is 0.305 e. The molecule has 0 saturated carbocycles. The maximum atomic E-state index is 13.6. The lowest BCUT2D eigenvalue weighted by Gasteiger charge is -2.30. The van der Waals surface area contributed by atoms with E-state index in [1.807, 2.05) is 18.2 Å². The average Bonchev–Trinajstić information content (AvgIpc) is 3.23. The highest BCUT2D eigenvalue weighted by Gasteiger charge is 2.29. The van der Waals surface area contributed by atoms with Crippen LogP contribution in [-0.2, 0) is 16.4 Å². The zero-order valence-electron chi connectivity index (χ0n) is 17.8. The molecule has 0 amide bonds. The zero-order valence-corrected chi connectivity index (χ0v) is 19.4. The summed E-state index contributed by atoms with van der Waals surface area (Å²) in [6.45, 7) is 0.366. The largest absolute Gasteiger partial charge is 0.333 e. The maximum absolute atomic E-state index is 13.6. The minimum absolute atomic E-state index is 0.0195. The number of nitrogens with one attached hydrogen (secondary N) is 1. The summed E-state index contributed by atoms with van der Waals surface area (Å²) in [4.78, 5) is 34.0. The molecule has 3 aromatic heterocycles. The number of aromatic amines is 1. The van der Waals surface area contributed by atoms with Gasteiger partial charge in [-0.2, -0.15) is 0 Å². The summed E-state index contributed by atoms with van der Waals surface area (Å²) in [6, 6.07) is 16.9. The van der Waals surface area contributed by atoms with E-state index < -0.39 is 21.3 Å². The molecular weight excluding hydrogens is 472 g/mol. The summed E-state index contributed by atoms with van der Waals surface area (Å²) in [6.07, 6.45) is 3.16. The number of rotatable bonds is 3. The molecule has 5 aromatic rings. The number of sulfonamides is 1. The number of benzene rings is 2. The number of hydrogen-bond donors (Lipinski definition) is 1. The number of fused-ring (bicyclic) bond motifs is 4. The molecule has 1 N–H and O–H groups in total. The molecule has 0 unspecified atom stereocenters. The first-order valence-electron chi connectivity index (χ1n) is 10.7. The Hall–Kier alpha value is -3.76. The van der Waals surface area contributed by atoms with Gasteiger partial charge in [0.15, 0.2) is 0 Å². The molecule has 0 bridgehead atoms. The molecule has 0 aliphatic carbocycles. The number of nitrogens with zero attached hydrogens (tertiary/aromatic N) is 3. The van der Waals surface area contributed by atoms with E-state index >= 15 is 0 Å². The Bertz CT molecular complexity index is 1820. The molecular formula is C24H18N4O4S2. The number of thiophene rings is 1. The van der Waals surface area contributed by atoms with Gasteiger partial charge in [-0.25, -0.2) is 22.8 Å². The lowest BCUT2D eigenvalue weighted by atomic mass is 10.0. The molecule has 8 nitrogen and oxygen atoms in total. The van der Waals surface area contributed by atoms with Gasteiger partial charge in [-0.15, -0.1) is 11.3 Å². The first-order chi connectivity index (χ1) is 16.4. The Morgan fingerprint density at radius 3 is 2.74 bits per heavy atom. The van der Waals surface area contributed by atoms with Crippen molar-refractivity contribution in [3.05, 3.63) is 93.3 Å². The van der Waals surface area contributed by atoms with Crippen LogP contribution in [0.2, 0.25) is 0 Å². The number of aromatic nitrogens is 3. The molecule has 0 spiro atoms. The van der Waals surface area contributed by atoms with Gasteiger partial charge in [0, 0.05) is 18.1 Å². The molecule has 6 rings (SSSR count). The average molecular weight is 491 g/mol. The second kappa shape index (κ2) is 7.64. The standard InChI is InChI=1S/C24H18N4O4S2/c29-23-21-20(18-10-4-12-25-22(18)33-21)26-24(30)28(23)16-8-3-9-17(14-16)34(31,32)27-13-5-7-15-6-1-2-11-19(15)27/h1-4,6,8-12,14H,5,7,13H2,(H,26,30).